The Morgan fingerprint density at radius 2 is 1.71 bits per heavy atom. The van der Waals surface area contributed by atoms with Crippen molar-refractivity contribution in [3.63, 3.8) is 0 Å². The lowest BCUT2D eigenvalue weighted by Gasteiger charge is -2.38. The quantitative estimate of drug-likeness (QED) is 0.539. The molecule has 1 amide bonds. The summed E-state index contributed by atoms with van der Waals surface area (Å²) in [5.41, 5.74) is -4.78. The fourth-order valence-corrected chi connectivity index (χ4v) is 3.80. The molecular weight excluding hydrogens is 436 g/mol. The van der Waals surface area contributed by atoms with E-state index in [9.17, 15) is 39.6 Å². The van der Waals surface area contributed by atoms with Gasteiger partial charge in [-0.3, -0.25) is 4.79 Å². The van der Waals surface area contributed by atoms with Crippen molar-refractivity contribution in [2.75, 3.05) is 11.6 Å². The molecular formula is C14H13F6N3O3S2. The van der Waals surface area contributed by atoms with Gasteiger partial charge in [-0.05, 0) is 18.2 Å². The van der Waals surface area contributed by atoms with Gasteiger partial charge >= 0.3 is 18.0 Å². The predicted octanol–water partition coefficient (Wildman–Crippen LogP) is 3.46. The average Bonchev–Trinajstić information content (AvgIpc) is 2.92. The zero-order chi connectivity index (χ0) is 21.5. The molecule has 0 aliphatic heterocycles. The number of amides is 1. The Morgan fingerprint density at radius 3 is 2.18 bits per heavy atom. The second-order valence-electron chi connectivity index (χ2n) is 5.69. The van der Waals surface area contributed by atoms with E-state index in [0.717, 1.165) is 36.7 Å². The van der Waals surface area contributed by atoms with Crippen molar-refractivity contribution >= 4 is 42.4 Å². The Kier molecular flexibility index (Phi) is 5.60. The van der Waals surface area contributed by atoms with Gasteiger partial charge in [-0.15, -0.1) is 0 Å². The van der Waals surface area contributed by atoms with Gasteiger partial charge in [-0.25, -0.2) is 13.4 Å². The van der Waals surface area contributed by atoms with E-state index in [1.54, 1.807) is 0 Å². The zero-order valence-electron chi connectivity index (χ0n) is 14.2. The molecule has 0 atom stereocenters. The molecule has 28 heavy (non-hydrogen) atoms. The van der Waals surface area contributed by atoms with Crippen molar-refractivity contribution in [1.82, 2.24) is 10.3 Å². The van der Waals surface area contributed by atoms with E-state index >= 15 is 0 Å². The van der Waals surface area contributed by atoms with Crippen LogP contribution < -0.4 is 10.6 Å². The Bertz CT molecular complexity index is 984. The van der Waals surface area contributed by atoms with Crippen LogP contribution in [-0.2, 0) is 14.6 Å². The highest BCUT2D eigenvalue weighted by Crippen LogP contribution is 2.44. The van der Waals surface area contributed by atoms with Gasteiger partial charge in [0.2, 0.25) is 5.91 Å². The number of benzene rings is 1. The molecule has 0 bridgehead atoms. The third kappa shape index (κ3) is 4.16. The first-order valence-electron chi connectivity index (χ1n) is 7.44. The molecule has 2 N–H and O–H groups in total. The summed E-state index contributed by atoms with van der Waals surface area (Å²) in [5, 5.41) is 1.42. The van der Waals surface area contributed by atoms with Gasteiger partial charge < -0.3 is 10.6 Å². The Labute approximate surface area is 158 Å². The van der Waals surface area contributed by atoms with Crippen LogP contribution in [0.2, 0.25) is 0 Å². The number of rotatable bonds is 5. The molecule has 2 aromatic rings. The number of aromatic nitrogens is 1. The summed E-state index contributed by atoms with van der Waals surface area (Å²) in [6.07, 6.45) is -11.6. The molecule has 1 heterocycles. The third-order valence-corrected chi connectivity index (χ3v) is 5.62. The van der Waals surface area contributed by atoms with E-state index in [4.69, 9.17) is 0 Å². The Hall–Kier alpha value is -2.09. The van der Waals surface area contributed by atoms with E-state index < -0.39 is 45.3 Å². The highest BCUT2D eigenvalue weighted by atomic mass is 32.2. The van der Waals surface area contributed by atoms with Crippen LogP contribution in [-0.4, -0.2) is 43.6 Å². The molecule has 0 saturated carbocycles. The van der Waals surface area contributed by atoms with Gasteiger partial charge in [-0.2, -0.15) is 26.3 Å². The summed E-state index contributed by atoms with van der Waals surface area (Å²) in [7, 11) is -3.64. The van der Waals surface area contributed by atoms with Crippen LogP contribution in [0.3, 0.4) is 0 Å². The first-order chi connectivity index (χ1) is 12.6. The van der Waals surface area contributed by atoms with E-state index in [2.05, 4.69) is 4.98 Å². The molecule has 0 radical (unpaired) electrons. The molecule has 1 aromatic heterocycles. The number of carbonyl (C=O) groups is 1. The molecule has 0 unspecified atom stereocenters. The van der Waals surface area contributed by atoms with E-state index in [-0.39, 0.29) is 15.1 Å². The zero-order valence-corrected chi connectivity index (χ0v) is 15.8. The Balaban J connectivity index is 2.59. The molecule has 0 saturated heterocycles. The largest absolute Gasteiger partial charge is 0.439 e. The maximum absolute atomic E-state index is 13.4. The van der Waals surface area contributed by atoms with Crippen LogP contribution in [0.1, 0.15) is 13.3 Å². The van der Waals surface area contributed by atoms with Crippen LogP contribution in [0.25, 0.3) is 10.2 Å². The van der Waals surface area contributed by atoms with Crippen LogP contribution >= 0.6 is 11.3 Å². The van der Waals surface area contributed by atoms with E-state index in [0.29, 0.717) is 11.3 Å². The summed E-state index contributed by atoms with van der Waals surface area (Å²) in [6, 6.07) is 3.36. The minimum Gasteiger partial charge on any atom is -0.324 e. The van der Waals surface area contributed by atoms with Crippen LogP contribution in [0.5, 0.6) is 0 Å². The number of hydrogen-bond acceptors (Lipinski definition) is 6. The SMILES string of the molecule is CCC(=O)NC(Nc1nc2ccc(S(C)(=O)=O)cc2s1)(C(F)(F)F)C(F)(F)F. The maximum atomic E-state index is 13.4. The van der Waals surface area contributed by atoms with Crippen molar-refractivity contribution in [3.8, 4) is 0 Å². The van der Waals surface area contributed by atoms with Crippen LogP contribution in [0.15, 0.2) is 23.1 Å². The van der Waals surface area contributed by atoms with Gasteiger partial charge in [0, 0.05) is 12.7 Å². The molecule has 0 aliphatic carbocycles. The number of hydrogen-bond donors (Lipinski definition) is 2. The molecule has 2 rings (SSSR count). The monoisotopic (exact) mass is 449 g/mol. The minimum absolute atomic E-state index is 0.0139. The van der Waals surface area contributed by atoms with Crippen molar-refractivity contribution < 1.29 is 39.6 Å². The smallest absolute Gasteiger partial charge is 0.324 e. The lowest BCUT2D eigenvalue weighted by atomic mass is 10.1. The fourth-order valence-electron chi connectivity index (χ4n) is 2.12. The third-order valence-electron chi connectivity index (χ3n) is 3.58. The topological polar surface area (TPSA) is 88.2 Å². The summed E-state index contributed by atoms with van der Waals surface area (Å²) in [6.45, 7) is 1.09. The van der Waals surface area contributed by atoms with Gasteiger partial charge in [0.1, 0.15) is 0 Å². The standard InChI is InChI=1S/C14H13F6N3O3S2/c1-3-10(24)22-12(13(15,16)17,14(18,19)20)23-11-21-8-5-4-7(28(2,25)26)6-9(8)27-11/h4-6H,3H2,1-2H3,(H,21,23)(H,22,24). The first kappa shape index (κ1) is 22.2. The second kappa shape index (κ2) is 7.06. The summed E-state index contributed by atoms with van der Waals surface area (Å²) in [4.78, 5) is 14.9. The number of nitrogens with zero attached hydrogens (tertiary/aromatic N) is 1. The highest BCUT2D eigenvalue weighted by Gasteiger charge is 2.72. The van der Waals surface area contributed by atoms with Crippen molar-refractivity contribution in [2.24, 2.45) is 0 Å². The number of fused-ring (bicyclic) bond motifs is 1. The Morgan fingerprint density at radius 1 is 1.14 bits per heavy atom. The minimum atomic E-state index is -5.95. The molecule has 0 aliphatic rings. The van der Waals surface area contributed by atoms with Crippen molar-refractivity contribution in [2.45, 2.75) is 36.3 Å². The summed E-state index contributed by atoms with van der Waals surface area (Å²) >= 11 is 0.383. The van der Waals surface area contributed by atoms with Gasteiger partial charge in [0.15, 0.2) is 15.0 Å². The number of alkyl halides is 6. The lowest BCUT2D eigenvalue weighted by molar-refractivity contribution is -0.295. The second-order valence-corrected chi connectivity index (χ2v) is 8.74. The number of sulfone groups is 1. The number of halogens is 6. The van der Waals surface area contributed by atoms with Crippen molar-refractivity contribution in [3.05, 3.63) is 18.2 Å². The summed E-state index contributed by atoms with van der Waals surface area (Å²) in [5.74, 6) is -1.48. The molecule has 1 aromatic carbocycles. The number of carbonyl (C=O) groups excluding carboxylic acids is 1. The average molecular weight is 449 g/mol. The van der Waals surface area contributed by atoms with Gasteiger partial charge in [-0.1, -0.05) is 18.3 Å². The predicted molar refractivity (Wildman–Crippen MR) is 89.6 cm³/mol. The van der Waals surface area contributed by atoms with Crippen LogP contribution in [0.4, 0.5) is 31.5 Å². The highest BCUT2D eigenvalue weighted by molar-refractivity contribution is 7.90. The first-order valence-corrected chi connectivity index (χ1v) is 10.1. The maximum Gasteiger partial charge on any atom is 0.439 e. The van der Waals surface area contributed by atoms with Gasteiger partial charge in [0.25, 0.3) is 0 Å². The normalized spacial score (nSPS) is 13.6. The van der Waals surface area contributed by atoms with Crippen LogP contribution in [0, 0.1) is 0 Å². The van der Waals surface area contributed by atoms with Gasteiger partial charge in [0.05, 0.1) is 15.1 Å². The fraction of sp³-hybridized carbons (Fsp3) is 0.429. The molecule has 0 fully saturated rings. The molecule has 0 spiro atoms. The van der Waals surface area contributed by atoms with Crippen molar-refractivity contribution in [1.29, 1.82) is 0 Å². The summed E-state index contributed by atoms with van der Waals surface area (Å²) < 4.78 is 104. The number of nitrogens with one attached hydrogen (secondary N) is 2. The molecule has 14 heteroatoms. The lowest BCUT2D eigenvalue weighted by Crippen LogP contribution is -2.72. The number of thiazole rings is 1. The van der Waals surface area contributed by atoms with E-state index in [1.807, 2.05) is 0 Å². The number of anilines is 1. The molecule has 156 valence electrons. The van der Waals surface area contributed by atoms with E-state index in [1.165, 1.54) is 5.32 Å². The molecule has 6 nitrogen and oxygen atoms in total.